The summed E-state index contributed by atoms with van der Waals surface area (Å²) >= 11 is 1.26. The Hall–Kier alpha value is -3.98. The minimum Gasteiger partial charge on any atom is -0.462 e. The number of carbonyl (C=O) groups excluding carboxylic acids is 2. The molecule has 1 N–H and O–H groups in total. The number of anilines is 1. The molecule has 0 atom stereocenters. The Labute approximate surface area is 201 Å². The number of pyridine rings is 1. The van der Waals surface area contributed by atoms with Gasteiger partial charge < -0.3 is 10.1 Å². The Balaban J connectivity index is 1.58. The first-order chi connectivity index (χ1) is 16.6. The molecule has 34 heavy (non-hydrogen) atoms. The molecular weight excluding hydrogens is 450 g/mol. The van der Waals surface area contributed by atoms with Crippen molar-refractivity contribution in [2.45, 2.75) is 19.0 Å². The summed E-state index contributed by atoms with van der Waals surface area (Å²) in [6.07, 6.45) is 3.43. The normalized spacial score (nSPS) is 10.6. The van der Waals surface area contributed by atoms with Gasteiger partial charge in [-0.25, -0.2) is 4.79 Å². The summed E-state index contributed by atoms with van der Waals surface area (Å²) in [4.78, 5) is 29.1. The Bertz CT molecular complexity index is 1310. The van der Waals surface area contributed by atoms with Gasteiger partial charge in [-0.1, -0.05) is 42.1 Å². The number of para-hydroxylation sites is 2. The molecule has 2 heterocycles. The van der Waals surface area contributed by atoms with Crippen molar-refractivity contribution in [3.63, 3.8) is 0 Å². The summed E-state index contributed by atoms with van der Waals surface area (Å²) < 4.78 is 7.01. The zero-order valence-corrected chi connectivity index (χ0v) is 19.6. The molecule has 2 aromatic carbocycles. The minimum atomic E-state index is -0.480. The number of benzene rings is 2. The number of hydrogen-bond donors (Lipinski definition) is 1. The molecule has 0 aliphatic rings. The maximum atomic E-state index is 12.8. The molecule has 2 aromatic heterocycles. The standard InChI is InChI=1S/C25H23N5O3S/c1-3-33-24(32)19-11-5-6-12-20(19)27-22(31)16-34-25-29-28-23(18-10-8-14-26-15-18)30(25)21-13-7-4-9-17(21)2/h4-15H,3,16H2,1-2H3,(H,27,31). The van der Waals surface area contributed by atoms with E-state index < -0.39 is 5.97 Å². The van der Waals surface area contributed by atoms with Gasteiger partial charge in [0, 0.05) is 18.0 Å². The van der Waals surface area contributed by atoms with Crippen LogP contribution >= 0.6 is 11.8 Å². The maximum Gasteiger partial charge on any atom is 0.340 e. The zero-order chi connectivity index (χ0) is 23.9. The molecule has 0 fully saturated rings. The quantitative estimate of drug-likeness (QED) is 0.296. The van der Waals surface area contributed by atoms with Crippen molar-refractivity contribution in [3.05, 3.63) is 84.2 Å². The van der Waals surface area contributed by atoms with Gasteiger partial charge >= 0.3 is 5.97 Å². The molecular formula is C25H23N5O3S. The van der Waals surface area contributed by atoms with E-state index in [2.05, 4.69) is 20.5 Å². The molecule has 0 spiro atoms. The highest BCUT2D eigenvalue weighted by atomic mass is 32.2. The highest BCUT2D eigenvalue weighted by Crippen LogP contribution is 2.29. The van der Waals surface area contributed by atoms with Gasteiger partial charge in [-0.3, -0.25) is 14.3 Å². The number of carbonyl (C=O) groups is 2. The molecule has 0 saturated carbocycles. The summed E-state index contributed by atoms with van der Waals surface area (Å²) in [5, 5.41) is 12.1. The van der Waals surface area contributed by atoms with Crippen LogP contribution in [0.5, 0.6) is 0 Å². The van der Waals surface area contributed by atoms with Gasteiger partial charge in [0.15, 0.2) is 11.0 Å². The second kappa shape index (κ2) is 10.8. The second-order valence-corrected chi connectivity index (χ2v) is 8.22. The van der Waals surface area contributed by atoms with Crippen LogP contribution in [0.4, 0.5) is 5.69 Å². The topological polar surface area (TPSA) is 99.0 Å². The largest absolute Gasteiger partial charge is 0.462 e. The number of aryl methyl sites for hydroxylation is 1. The van der Waals surface area contributed by atoms with Crippen LogP contribution in [0, 0.1) is 6.92 Å². The molecule has 1 amide bonds. The number of aromatic nitrogens is 4. The number of rotatable bonds is 8. The number of ether oxygens (including phenoxy) is 1. The third kappa shape index (κ3) is 5.15. The number of amides is 1. The third-order valence-electron chi connectivity index (χ3n) is 4.94. The predicted molar refractivity (Wildman–Crippen MR) is 131 cm³/mol. The number of esters is 1. The van der Waals surface area contributed by atoms with Crippen LogP contribution in [0.1, 0.15) is 22.8 Å². The minimum absolute atomic E-state index is 0.0776. The van der Waals surface area contributed by atoms with Crippen molar-refractivity contribution in [2.75, 3.05) is 17.7 Å². The molecule has 172 valence electrons. The maximum absolute atomic E-state index is 12.8. The van der Waals surface area contributed by atoms with Gasteiger partial charge in [0.2, 0.25) is 5.91 Å². The fourth-order valence-corrected chi connectivity index (χ4v) is 4.12. The van der Waals surface area contributed by atoms with E-state index in [1.54, 1.807) is 43.6 Å². The molecule has 0 unspecified atom stereocenters. The summed E-state index contributed by atoms with van der Waals surface area (Å²) in [6.45, 7) is 4.00. The van der Waals surface area contributed by atoms with E-state index in [1.807, 2.05) is 47.9 Å². The monoisotopic (exact) mass is 473 g/mol. The first-order valence-corrected chi connectivity index (χ1v) is 11.7. The van der Waals surface area contributed by atoms with Gasteiger partial charge in [-0.05, 0) is 49.7 Å². The highest BCUT2D eigenvalue weighted by Gasteiger charge is 2.19. The van der Waals surface area contributed by atoms with Crippen LogP contribution in [0.2, 0.25) is 0 Å². The third-order valence-corrected chi connectivity index (χ3v) is 5.87. The van der Waals surface area contributed by atoms with Gasteiger partial charge in [0.1, 0.15) is 0 Å². The van der Waals surface area contributed by atoms with Crippen molar-refractivity contribution in [2.24, 2.45) is 0 Å². The average Bonchev–Trinajstić information content (AvgIpc) is 3.28. The molecule has 8 nitrogen and oxygen atoms in total. The fraction of sp³-hybridized carbons (Fsp3) is 0.160. The number of nitrogens with one attached hydrogen (secondary N) is 1. The lowest BCUT2D eigenvalue weighted by Crippen LogP contribution is -2.17. The van der Waals surface area contributed by atoms with E-state index in [-0.39, 0.29) is 18.3 Å². The van der Waals surface area contributed by atoms with Crippen LogP contribution in [-0.2, 0) is 9.53 Å². The van der Waals surface area contributed by atoms with E-state index in [9.17, 15) is 9.59 Å². The molecule has 0 aliphatic heterocycles. The molecule has 0 bridgehead atoms. The molecule has 0 radical (unpaired) electrons. The lowest BCUT2D eigenvalue weighted by molar-refractivity contribution is -0.113. The summed E-state index contributed by atoms with van der Waals surface area (Å²) in [7, 11) is 0. The van der Waals surface area contributed by atoms with E-state index in [1.165, 1.54) is 11.8 Å². The SMILES string of the molecule is CCOC(=O)c1ccccc1NC(=O)CSc1nnc(-c2cccnc2)n1-c1ccccc1C. The summed E-state index contributed by atoms with van der Waals surface area (Å²) in [5.74, 6) is -0.0396. The van der Waals surface area contributed by atoms with Crippen molar-refractivity contribution >= 4 is 29.3 Å². The summed E-state index contributed by atoms with van der Waals surface area (Å²) in [5.41, 5.74) is 3.49. The van der Waals surface area contributed by atoms with E-state index in [4.69, 9.17) is 4.74 Å². The average molecular weight is 474 g/mol. The first kappa shape index (κ1) is 23.2. The van der Waals surface area contributed by atoms with E-state index in [0.717, 1.165) is 16.8 Å². The highest BCUT2D eigenvalue weighted by molar-refractivity contribution is 7.99. The smallest absolute Gasteiger partial charge is 0.340 e. The van der Waals surface area contributed by atoms with Crippen molar-refractivity contribution < 1.29 is 14.3 Å². The lowest BCUT2D eigenvalue weighted by Gasteiger charge is -2.13. The number of nitrogens with zero attached hydrogens (tertiary/aromatic N) is 4. The van der Waals surface area contributed by atoms with E-state index in [0.29, 0.717) is 22.2 Å². The molecule has 9 heteroatoms. The summed E-state index contributed by atoms with van der Waals surface area (Å²) in [6, 6.07) is 18.4. The van der Waals surface area contributed by atoms with Gasteiger partial charge in [0.25, 0.3) is 0 Å². The van der Waals surface area contributed by atoms with E-state index >= 15 is 0 Å². The molecule has 0 saturated heterocycles. The van der Waals surface area contributed by atoms with Crippen molar-refractivity contribution in [3.8, 4) is 17.1 Å². The van der Waals surface area contributed by atoms with Crippen LogP contribution in [-0.4, -0.2) is 44.0 Å². The van der Waals surface area contributed by atoms with Crippen molar-refractivity contribution in [1.29, 1.82) is 0 Å². The Morgan fingerprint density at radius 3 is 2.59 bits per heavy atom. The zero-order valence-electron chi connectivity index (χ0n) is 18.8. The van der Waals surface area contributed by atoms with Gasteiger partial charge in [-0.15, -0.1) is 10.2 Å². The Kier molecular flexibility index (Phi) is 7.34. The van der Waals surface area contributed by atoms with Gasteiger partial charge in [0.05, 0.1) is 29.3 Å². The number of hydrogen-bond acceptors (Lipinski definition) is 7. The Morgan fingerprint density at radius 2 is 1.82 bits per heavy atom. The molecule has 4 aromatic rings. The molecule has 0 aliphatic carbocycles. The van der Waals surface area contributed by atoms with Crippen LogP contribution in [0.15, 0.2) is 78.2 Å². The second-order valence-electron chi connectivity index (χ2n) is 7.27. The fourth-order valence-electron chi connectivity index (χ4n) is 3.37. The number of thioether (sulfide) groups is 1. The van der Waals surface area contributed by atoms with Crippen molar-refractivity contribution in [1.82, 2.24) is 19.7 Å². The van der Waals surface area contributed by atoms with Crippen LogP contribution in [0.25, 0.3) is 17.1 Å². The Morgan fingerprint density at radius 1 is 1.03 bits per heavy atom. The predicted octanol–water partition coefficient (Wildman–Crippen LogP) is 4.55. The van der Waals surface area contributed by atoms with Crippen LogP contribution < -0.4 is 5.32 Å². The first-order valence-electron chi connectivity index (χ1n) is 10.7. The van der Waals surface area contributed by atoms with Gasteiger partial charge in [-0.2, -0.15) is 0 Å². The lowest BCUT2D eigenvalue weighted by atomic mass is 10.2. The molecule has 4 rings (SSSR count). The van der Waals surface area contributed by atoms with Crippen LogP contribution in [0.3, 0.4) is 0 Å².